The van der Waals surface area contributed by atoms with Crippen molar-refractivity contribution < 1.29 is 8.78 Å². The number of rotatable bonds is 1. The maximum absolute atomic E-state index is 13.6. The molecule has 2 unspecified atom stereocenters. The zero-order valence-electron chi connectivity index (χ0n) is 11.4. The molecule has 1 nitrogen and oxygen atoms in total. The fraction of sp³-hybridized carbons (Fsp3) is 0.294. The molecule has 0 bridgehead atoms. The van der Waals surface area contributed by atoms with Gasteiger partial charge in [0.2, 0.25) is 0 Å². The van der Waals surface area contributed by atoms with Crippen molar-refractivity contribution in [3.05, 3.63) is 70.3 Å². The lowest BCUT2D eigenvalue weighted by Gasteiger charge is -2.24. The Morgan fingerprint density at radius 3 is 2.40 bits per heavy atom. The normalized spacial score (nSPS) is 18.9. The maximum atomic E-state index is 13.6. The summed E-state index contributed by atoms with van der Waals surface area (Å²) in [7, 11) is 0. The molecule has 20 heavy (non-hydrogen) atoms. The van der Waals surface area contributed by atoms with Gasteiger partial charge in [-0.2, -0.15) is 0 Å². The third-order valence-electron chi connectivity index (χ3n) is 4.10. The van der Waals surface area contributed by atoms with Gasteiger partial charge in [-0.15, -0.1) is 0 Å². The van der Waals surface area contributed by atoms with Crippen LogP contribution in [-0.4, -0.2) is 6.04 Å². The van der Waals surface area contributed by atoms with Gasteiger partial charge in [-0.1, -0.05) is 24.3 Å². The van der Waals surface area contributed by atoms with E-state index in [1.165, 1.54) is 17.7 Å². The highest BCUT2D eigenvalue weighted by Crippen LogP contribution is 2.36. The quantitative estimate of drug-likeness (QED) is 0.845. The topological polar surface area (TPSA) is 26.0 Å². The first-order chi connectivity index (χ1) is 9.58. The number of halogens is 2. The molecule has 0 radical (unpaired) electrons. The average Bonchev–Trinajstić information content (AvgIpc) is 2.56. The Bertz CT molecular complexity index is 649. The Labute approximate surface area is 117 Å². The van der Waals surface area contributed by atoms with Crippen molar-refractivity contribution in [2.75, 3.05) is 0 Å². The molecule has 0 spiro atoms. The molecule has 1 aliphatic carbocycles. The van der Waals surface area contributed by atoms with Crippen molar-refractivity contribution in [3.8, 4) is 0 Å². The highest BCUT2D eigenvalue weighted by Gasteiger charge is 2.27. The van der Waals surface area contributed by atoms with Crippen molar-refractivity contribution in [3.63, 3.8) is 0 Å². The van der Waals surface area contributed by atoms with Gasteiger partial charge in [-0.05, 0) is 54.2 Å². The fourth-order valence-electron chi connectivity index (χ4n) is 3.18. The Morgan fingerprint density at radius 1 is 1.00 bits per heavy atom. The van der Waals surface area contributed by atoms with Crippen molar-refractivity contribution in [1.82, 2.24) is 0 Å². The largest absolute Gasteiger partial charge is 0.327 e. The number of aryl methyl sites for hydroxylation is 2. The van der Waals surface area contributed by atoms with Crippen molar-refractivity contribution in [1.29, 1.82) is 0 Å². The molecule has 0 aromatic heterocycles. The molecule has 0 fully saturated rings. The van der Waals surface area contributed by atoms with Gasteiger partial charge in [-0.3, -0.25) is 0 Å². The Kier molecular flexibility index (Phi) is 3.30. The zero-order valence-corrected chi connectivity index (χ0v) is 11.4. The lowest BCUT2D eigenvalue weighted by atomic mass is 9.83. The standard InChI is InChI=1S/C17H17F2N/c1-10(20)17-13-5-3-2-4-11(13)6-7-12-8-15(18)16(19)9-14(12)17/h2-5,8-10,17H,6-7,20H2,1H3. The summed E-state index contributed by atoms with van der Waals surface area (Å²) in [6, 6.07) is 10.6. The first-order valence-corrected chi connectivity index (χ1v) is 6.89. The minimum Gasteiger partial charge on any atom is -0.327 e. The summed E-state index contributed by atoms with van der Waals surface area (Å²) in [5.41, 5.74) is 10.2. The van der Waals surface area contributed by atoms with Gasteiger partial charge in [-0.25, -0.2) is 8.78 Å². The predicted molar refractivity (Wildman–Crippen MR) is 75.7 cm³/mol. The molecule has 2 aromatic rings. The van der Waals surface area contributed by atoms with E-state index >= 15 is 0 Å². The number of fused-ring (bicyclic) bond motifs is 2. The lowest BCUT2D eigenvalue weighted by Crippen LogP contribution is -2.26. The van der Waals surface area contributed by atoms with Crippen LogP contribution in [0, 0.1) is 11.6 Å². The van der Waals surface area contributed by atoms with E-state index in [0.717, 1.165) is 23.1 Å². The van der Waals surface area contributed by atoms with Crippen LogP contribution in [0.5, 0.6) is 0 Å². The van der Waals surface area contributed by atoms with Gasteiger partial charge >= 0.3 is 0 Å². The van der Waals surface area contributed by atoms with Crippen LogP contribution in [-0.2, 0) is 12.8 Å². The van der Waals surface area contributed by atoms with Gasteiger partial charge in [0.25, 0.3) is 0 Å². The van der Waals surface area contributed by atoms with Crippen LogP contribution in [0.3, 0.4) is 0 Å². The molecule has 0 heterocycles. The minimum atomic E-state index is -0.797. The van der Waals surface area contributed by atoms with Gasteiger partial charge in [0.05, 0.1) is 0 Å². The van der Waals surface area contributed by atoms with Crippen molar-refractivity contribution in [2.45, 2.75) is 31.7 Å². The first kappa shape index (κ1) is 13.3. The van der Waals surface area contributed by atoms with Gasteiger partial charge < -0.3 is 5.73 Å². The maximum Gasteiger partial charge on any atom is 0.159 e. The van der Waals surface area contributed by atoms with E-state index in [1.807, 2.05) is 25.1 Å². The molecule has 3 rings (SSSR count). The van der Waals surface area contributed by atoms with Crippen LogP contribution >= 0.6 is 0 Å². The third-order valence-corrected chi connectivity index (χ3v) is 4.10. The minimum absolute atomic E-state index is 0.0844. The second kappa shape index (κ2) is 4.98. The lowest BCUT2D eigenvalue weighted by molar-refractivity contribution is 0.502. The molecule has 0 amide bonds. The number of hydrogen-bond acceptors (Lipinski definition) is 1. The van der Waals surface area contributed by atoms with E-state index in [-0.39, 0.29) is 12.0 Å². The van der Waals surface area contributed by atoms with Gasteiger partial charge in [0.15, 0.2) is 11.6 Å². The van der Waals surface area contributed by atoms with E-state index in [4.69, 9.17) is 5.73 Å². The summed E-state index contributed by atoms with van der Waals surface area (Å²) in [5.74, 6) is -1.66. The van der Waals surface area contributed by atoms with Crippen LogP contribution in [0.4, 0.5) is 8.78 Å². The van der Waals surface area contributed by atoms with Crippen molar-refractivity contribution in [2.24, 2.45) is 5.73 Å². The summed E-state index contributed by atoms with van der Waals surface area (Å²) in [6.45, 7) is 1.91. The highest BCUT2D eigenvalue weighted by atomic mass is 19.2. The number of nitrogens with two attached hydrogens (primary N) is 1. The van der Waals surface area contributed by atoms with Crippen LogP contribution in [0.25, 0.3) is 0 Å². The summed E-state index contributed by atoms with van der Waals surface area (Å²) < 4.78 is 27.1. The second-order valence-corrected chi connectivity index (χ2v) is 5.50. The van der Waals surface area contributed by atoms with Crippen LogP contribution in [0.15, 0.2) is 36.4 Å². The Morgan fingerprint density at radius 2 is 1.65 bits per heavy atom. The first-order valence-electron chi connectivity index (χ1n) is 6.89. The molecule has 2 atom stereocenters. The SMILES string of the molecule is CC(N)C1c2ccccc2CCc2cc(F)c(F)cc21. The van der Waals surface area contributed by atoms with E-state index in [1.54, 1.807) is 0 Å². The van der Waals surface area contributed by atoms with Crippen LogP contribution in [0.1, 0.15) is 35.1 Å². The molecule has 3 heteroatoms. The van der Waals surface area contributed by atoms with Crippen molar-refractivity contribution >= 4 is 0 Å². The summed E-state index contributed by atoms with van der Waals surface area (Å²) in [4.78, 5) is 0. The average molecular weight is 273 g/mol. The van der Waals surface area contributed by atoms with Gasteiger partial charge in [0, 0.05) is 12.0 Å². The molecular weight excluding hydrogens is 256 g/mol. The summed E-state index contributed by atoms with van der Waals surface area (Å²) >= 11 is 0. The van der Waals surface area contributed by atoms with Gasteiger partial charge in [0.1, 0.15) is 0 Å². The van der Waals surface area contributed by atoms with E-state index in [2.05, 4.69) is 6.07 Å². The fourth-order valence-corrected chi connectivity index (χ4v) is 3.18. The predicted octanol–water partition coefficient (Wildman–Crippen LogP) is 3.54. The number of benzene rings is 2. The summed E-state index contributed by atoms with van der Waals surface area (Å²) in [6.07, 6.45) is 1.55. The molecule has 2 aromatic carbocycles. The Balaban J connectivity index is 2.24. The zero-order chi connectivity index (χ0) is 14.3. The molecule has 0 aliphatic heterocycles. The van der Waals surface area contributed by atoms with Crippen LogP contribution in [0.2, 0.25) is 0 Å². The smallest absolute Gasteiger partial charge is 0.159 e. The highest BCUT2D eigenvalue weighted by molar-refractivity contribution is 5.46. The molecular formula is C17H17F2N. The van der Waals surface area contributed by atoms with E-state index in [9.17, 15) is 8.78 Å². The second-order valence-electron chi connectivity index (χ2n) is 5.50. The summed E-state index contributed by atoms with van der Waals surface area (Å²) in [5, 5.41) is 0. The molecule has 0 saturated heterocycles. The molecule has 0 saturated carbocycles. The van der Waals surface area contributed by atoms with Crippen LogP contribution < -0.4 is 5.73 Å². The molecule has 104 valence electrons. The monoisotopic (exact) mass is 273 g/mol. The van der Waals surface area contributed by atoms with E-state index in [0.29, 0.717) is 6.42 Å². The Hall–Kier alpha value is -1.74. The molecule has 1 aliphatic rings. The van der Waals surface area contributed by atoms with E-state index < -0.39 is 11.6 Å². The molecule has 2 N–H and O–H groups in total. The third kappa shape index (κ3) is 2.12. The number of hydrogen-bond donors (Lipinski definition) is 1.